The number of pyridine rings is 2. The van der Waals surface area contributed by atoms with Gasteiger partial charge in [0.15, 0.2) is 23.3 Å². The van der Waals surface area contributed by atoms with Crippen LogP contribution in [-0.4, -0.2) is 59.1 Å². The first-order valence-corrected chi connectivity index (χ1v) is 12.0. The molecule has 0 bridgehead atoms. The SMILES string of the molecule is C=N/C=C\C(=C/C)c1nc(C(=O)c2nc(C(/C=C\N=C)=C/C)nc(-c3ccncc3)n2)nc(-c2ccncc2)n1. The molecule has 0 fully saturated rings. The van der Waals surface area contributed by atoms with Crippen molar-refractivity contribution in [2.75, 3.05) is 0 Å². The number of aromatic nitrogens is 8. The fourth-order valence-corrected chi connectivity index (χ4v) is 3.44. The zero-order valence-electron chi connectivity index (χ0n) is 21.9. The monoisotopic (exact) mass is 528 g/mol. The molecule has 0 aliphatic heterocycles. The van der Waals surface area contributed by atoms with E-state index in [1.807, 2.05) is 13.8 Å². The standard InChI is InChI=1S/C29H24N10O/c1-5-19(7-13-30-3)24-34-26(21-9-15-32-16-10-21)38-28(36-24)23(40)29-37-25(20(6-2)8-14-31-4)35-27(39-29)22-11-17-33-18-12-22/h5-18H,3-4H2,1-2H3/b13-7-,14-8-,19-5+,20-6+. The van der Waals surface area contributed by atoms with Crippen LogP contribution in [-0.2, 0) is 0 Å². The van der Waals surface area contributed by atoms with Gasteiger partial charge in [-0.1, -0.05) is 12.2 Å². The summed E-state index contributed by atoms with van der Waals surface area (Å²) in [5, 5.41) is 0. The number of allylic oxidation sites excluding steroid dienone is 6. The lowest BCUT2D eigenvalue weighted by Crippen LogP contribution is -2.16. The summed E-state index contributed by atoms with van der Waals surface area (Å²) in [6.45, 7) is 10.6. The van der Waals surface area contributed by atoms with Gasteiger partial charge in [0.1, 0.15) is 0 Å². The lowest BCUT2D eigenvalue weighted by molar-refractivity contribution is 0.101. The van der Waals surface area contributed by atoms with E-state index in [2.05, 4.69) is 63.3 Å². The molecular weight excluding hydrogens is 504 g/mol. The summed E-state index contributed by atoms with van der Waals surface area (Å²) in [5.41, 5.74) is 2.54. The molecule has 0 saturated heterocycles. The fraction of sp³-hybridized carbons (Fsp3) is 0.0690. The predicted octanol–water partition coefficient (Wildman–Crippen LogP) is 4.65. The first-order chi connectivity index (χ1) is 19.6. The smallest absolute Gasteiger partial charge is 0.267 e. The van der Waals surface area contributed by atoms with Crippen molar-refractivity contribution >= 4 is 30.4 Å². The first kappa shape index (κ1) is 27.3. The second kappa shape index (κ2) is 13.2. The van der Waals surface area contributed by atoms with E-state index < -0.39 is 5.78 Å². The summed E-state index contributed by atoms with van der Waals surface area (Å²) < 4.78 is 0. The molecule has 0 N–H and O–H groups in total. The van der Waals surface area contributed by atoms with Crippen molar-refractivity contribution in [3.05, 3.63) is 109 Å². The molecule has 40 heavy (non-hydrogen) atoms. The van der Waals surface area contributed by atoms with E-state index in [-0.39, 0.29) is 34.9 Å². The van der Waals surface area contributed by atoms with Crippen LogP contribution in [0.15, 0.2) is 95.7 Å². The minimum absolute atomic E-state index is 0.140. The van der Waals surface area contributed by atoms with Crippen LogP contribution in [0.5, 0.6) is 0 Å². The average molecular weight is 529 g/mol. The third kappa shape index (κ3) is 6.40. The lowest BCUT2D eigenvalue weighted by atomic mass is 10.2. The Bertz CT molecular complexity index is 1540. The fourth-order valence-electron chi connectivity index (χ4n) is 3.44. The highest BCUT2D eigenvalue weighted by Crippen LogP contribution is 2.21. The topological polar surface area (TPSA) is 145 Å². The lowest BCUT2D eigenvalue weighted by Gasteiger charge is -2.09. The van der Waals surface area contributed by atoms with Crippen LogP contribution in [0.2, 0.25) is 0 Å². The Hall–Kier alpha value is -5.71. The van der Waals surface area contributed by atoms with Gasteiger partial charge in [0, 0.05) is 59.5 Å². The number of rotatable bonds is 10. The van der Waals surface area contributed by atoms with E-state index in [4.69, 9.17) is 0 Å². The average Bonchev–Trinajstić information content (AvgIpc) is 3.02. The van der Waals surface area contributed by atoms with Crippen LogP contribution < -0.4 is 0 Å². The highest BCUT2D eigenvalue weighted by Gasteiger charge is 2.23. The molecule has 196 valence electrons. The number of ketones is 1. The van der Waals surface area contributed by atoms with Gasteiger partial charge >= 0.3 is 0 Å². The molecule has 0 spiro atoms. The number of hydrogen-bond donors (Lipinski definition) is 0. The molecule has 0 aromatic carbocycles. The van der Waals surface area contributed by atoms with Gasteiger partial charge < -0.3 is 0 Å². The van der Waals surface area contributed by atoms with Gasteiger partial charge in [0.25, 0.3) is 5.78 Å². The Balaban J connectivity index is 1.92. The predicted molar refractivity (Wildman–Crippen MR) is 154 cm³/mol. The van der Waals surface area contributed by atoms with Gasteiger partial charge in [0.05, 0.1) is 0 Å². The van der Waals surface area contributed by atoms with Crippen LogP contribution in [0, 0.1) is 0 Å². The summed E-state index contributed by atoms with van der Waals surface area (Å²) in [7, 11) is 0. The van der Waals surface area contributed by atoms with Crippen LogP contribution in [0.3, 0.4) is 0 Å². The minimum Gasteiger partial charge on any atom is -0.281 e. The zero-order valence-corrected chi connectivity index (χ0v) is 21.9. The molecule has 0 radical (unpaired) electrons. The highest BCUT2D eigenvalue weighted by molar-refractivity contribution is 6.04. The number of hydrogen-bond acceptors (Lipinski definition) is 11. The van der Waals surface area contributed by atoms with Gasteiger partial charge in [-0.3, -0.25) is 24.7 Å². The highest BCUT2D eigenvalue weighted by atomic mass is 16.1. The molecule has 11 nitrogen and oxygen atoms in total. The Morgan fingerprint density at radius 1 is 0.625 bits per heavy atom. The molecule has 4 heterocycles. The maximum absolute atomic E-state index is 13.9. The third-order valence-corrected chi connectivity index (χ3v) is 5.41. The summed E-state index contributed by atoms with van der Waals surface area (Å²) >= 11 is 0. The number of aliphatic imine (C=N–C) groups is 2. The molecule has 0 aliphatic carbocycles. The second-order valence-electron chi connectivity index (χ2n) is 7.90. The van der Waals surface area contributed by atoms with Crippen LogP contribution in [0.4, 0.5) is 0 Å². The van der Waals surface area contributed by atoms with Gasteiger partial charge in [-0.25, -0.2) is 29.9 Å². The van der Waals surface area contributed by atoms with Crippen LogP contribution in [0.25, 0.3) is 33.9 Å². The van der Waals surface area contributed by atoms with E-state index in [9.17, 15) is 4.79 Å². The van der Waals surface area contributed by atoms with Crippen molar-refractivity contribution in [2.24, 2.45) is 9.98 Å². The normalized spacial score (nSPS) is 12.2. The second-order valence-corrected chi connectivity index (χ2v) is 7.90. The third-order valence-electron chi connectivity index (χ3n) is 5.41. The molecule has 0 aliphatic rings. The summed E-state index contributed by atoms with van der Waals surface area (Å²) in [6.07, 6.45) is 16.4. The van der Waals surface area contributed by atoms with Crippen molar-refractivity contribution in [2.45, 2.75) is 13.8 Å². The van der Waals surface area contributed by atoms with Gasteiger partial charge in [-0.05, 0) is 63.7 Å². The molecule has 0 unspecified atom stereocenters. The van der Waals surface area contributed by atoms with E-state index in [0.717, 1.165) is 0 Å². The summed E-state index contributed by atoms with van der Waals surface area (Å²) in [6, 6.07) is 6.96. The molecular formula is C29H24N10O. The van der Waals surface area contributed by atoms with E-state index in [1.165, 1.54) is 12.4 Å². The quantitative estimate of drug-likeness (QED) is 0.163. The Labute approximate surface area is 230 Å². The summed E-state index contributed by atoms with van der Waals surface area (Å²) in [5.74, 6) is 0.218. The minimum atomic E-state index is -0.611. The molecule has 0 atom stereocenters. The van der Waals surface area contributed by atoms with E-state index >= 15 is 0 Å². The molecule has 0 saturated carbocycles. The van der Waals surface area contributed by atoms with Crippen molar-refractivity contribution in [3.8, 4) is 22.8 Å². The number of carbonyl (C=O) groups excluding carboxylic acids is 1. The molecule has 4 rings (SSSR count). The van der Waals surface area contributed by atoms with Gasteiger partial charge in [0.2, 0.25) is 11.6 Å². The van der Waals surface area contributed by atoms with E-state index in [1.54, 1.807) is 73.4 Å². The zero-order chi connectivity index (χ0) is 28.3. The number of carbonyl (C=O) groups is 1. The van der Waals surface area contributed by atoms with Crippen LogP contribution in [0.1, 0.15) is 41.9 Å². The first-order valence-electron chi connectivity index (χ1n) is 12.0. The number of nitrogens with zero attached hydrogens (tertiary/aromatic N) is 10. The van der Waals surface area contributed by atoms with Gasteiger partial charge in [-0.2, -0.15) is 0 Å². The Morgan fingerprint density at radius 3 is 1.35 bits per heavy atom. The molecule has 11 heteroatoms. The largest absolute Gasteiger partial charge is 0.281 e. The Morgan fingerprint density at radius 2 is 1.00 bits per heavy atom. The molecule has 4 aromatic rings. The van der Waals surface area contributed by atoms with Gasteiger partial charge in [-0.15, -0.1) is 0 Å². The molecule has 4 aromatic heterocycles. The molecule has 0 amide bonds. The maximum atomic E-state index is 13.9. The van der Waals surface area contributed by atoms with E-state index in [0.29, 0.717) is 22.3 Å². The van der Waals surface area contributed by atoms with Crippen molar-refractivity contribution < 1.29 is 4.79 Å². The van der Waals surface area contributed by atoms with Crippen molar-refractivity contribution in [1.29, 1.82) is 0 Å². The Kier molecular flexibility index (Phi) is 9.01. The van der Waals surface area contributed by atoms with Crippen molar-refractivity contribution in [3.63, 3.8) is 0 Å². The summed E-state index contributed by atoms with van der Waals surface area (Å²) in [4.78, 5) is 56.6. The maximum Gasteiger partial charge on any atom is 0.267 e. The van der Waals surface area contributed by atoms with Crippen molar-refractivity contribution in [1.82, 2.24) is 39.9 Å². The van der Waals surface area contributed by atoms with Crippen LogP contribution >= 0.6 is 0 Å².